The van der Waals surface area contributed by atoms with Gasteiger partial charge in [0.15, 0.2) is 0 Å². The van der Waals surface area contributed by atoms with Crippen LogP contribution in [0, 0.1) is 13.8 Å². The van der Waals surface area contributed by atoms with Gasteiger partial charge >= 0.3 is 0 Å². The van der Waals surface area contributed by atoms with Crippen molar-refractivity contribution in [3.63, 3.8) is 0 Å². The lowest BCUT2D eigenvalue weighted by Crippen LogP contribution is -2.32. The molecule has 4 nitrogen and oxygen atoms in total. The van der Waals surface area contributed by atoms with E-state index in [1.165, 1.54) is 0 Å². The molecule has 0 bridgehead atoms. The van der Waals surface area contributed by atoms with E-state index in [-0.39, 0.29) is 6.04 Å². The fraction of sp³-hybridized carbons (Fsp3) is 0.471. The van der Waals surface area contributed by atoms with Crippen molar-refractivity contribution in [1.82, 2.24) is 15.1 Å². The van der Waals surface area contributed by atoms with Crippen molar-refractivity contribution in [2.24, 2.45) is 7.05 Å². The van der Waals surface area contributed by atoms with Crippen LogP contribution in [0.15, 0.2) is 24.3 Å². The number of hydrogen-bond donors (Lipinski definition) is 2. The van der Waals surface area contributed by atoms with Gasteiger partial charge in [-0.3, -0.25) is 4.68 Å². The number of rotatable bonds is 6. The Morgan fingerprint density at radius 2 is 2.00 bits per heavy atom. The van der Waals surface area contributed by atoms with Crippen LogP contribution in [-0.4, -0.2) is 27.5 Å². The van der Waals surface area contributed by atoms with Crippen LogP contribution < -0.4 is 5.32 Å². The van der Waals surface area contributed by atoms with Gasteiger partial charge in [0.05, 0.1) is 11.8 Å². The van der Waals surface area contributed by atoms with E-state index in [4.69, 9.17) is 11.6 Å². The minimum Gasteiger partial charge on any atom is -0.387 e. The standard InChI is InChI=1S/C17H24ClN3O/c1-11(9-14-7-5-6-8-15(14)18)19-10-16(22)17-12(2)20-21(4)13(17)3/h5-8,11,16,19,22H,9-10H2,1-4H3. The lowest BCUT2D eigenvalue weighted by Gasteiger charge is -2.18. The van der Waals surface area contributed by atoms with Crippen LogP contribution in [0.3, 0.4) is 0 Å². The molecule has 0 fully saturated rings. The fourth-order valence-corrected chi connectivity index (χ4v) is 2.97. The first-order valence-corrected chi connectivity index (χ1v) is 7.93. The van der Waals surface area contributed by atoms with Gasteiger partial charge in [-0.15, -0.1) is 0 Å². The Hall–Kier alpha value is -1.36. The number of hydrogen-bond acceptors (Lipinski definition) is 3. The summed E-state index contributed by atoms with van der Waals surface area (Å²) in [6.45, 7) is 6.50. The van der Waals surface area contributed by atoms with Crippen molar-refractivity contribution in [3.8, 4) is 0 Å². The predicted octanol–water partition coefficient (Wildman–Crippen LogP) is 2.94. The molecule has 1 aromatic heterocycles. The SMILES string of the molecule is Cc1nn(C)c(C)c1C(O)CNC(C)Cc1ccccc1Cl. The molecule has 0 aliphatic heterocycles. The zero-order chi connectivity index (χ0) is 16.3. The number of benzene rings is 1. The summed E-state index contributed by atoms with van der Waals surface area (Å²) in [7, 11) is 1.89. The molecule has 0 saturated carbocycles. The minimum absolute atomic E-state index is 0.229. The van der Waals surface area contributed by atoms with Gasteiger partial charge in [-0.1, -0.05) is 29.8 Å². The minimum atomic E-state index is -0.553. The third-order valence-corrected chi connectivity index (χ3v) is 4.41. The molecule has 1 heterocycles. The summed E-state index contributed by atoms with van der Waals surface area (Å²) in [5.74, 6) is 0. The number of aryl methyl sites for hydroxylation is 2. The molecule has 1 aromatic carbocycles. The molecule has 0 spiro atoms. The summed E-state index contributed by atoms with van der Waals surface area (Å²) in [5.41, 5.74) is 3.92. The maximum absolute atomic E-state index is 10.4. The van der Waals surface area contributed by atoms with E-state index in [0.717, 1.165) is 34.0 Å². The molecule has 2 unspecified atom stereocenters. The summed E-state index contributed by atoms with van der Waals surface area (Å²) in [4.78, 5) is 0. The van der Waals surface area contributed by atoms with Gasteiger partial charge in [-0.2, -0.15) is 5.10 Å². The smallest absolute Gasteiger partial charge is 0.0950 e. The van der Waals surface area contributed by atoms with Crippen LogP contribution in [0.5, 0.6) is 0 Å². The molecule has 120 valence electrons. The molecule has 2 N–H and O–H groups in total. The first kappa shape index (κ1) is 17.0. The fourth-order valence-electron chi connectivity index (χ4n) is 2.75. The zero-order valence-corrected chi connectivity index (χ0v) is 14.4. The Balaban J connectivity index is 1.93. The Kier molecular flexibility index (Phi) is 5.62. The zero-order valence-electron chi connectivity index (χ0n) is 13.6. The van der Waals surface area contributed by atoms with Crippen LogP contribution in [0.2, 0.25) is 5.02 Å². The van der Waals surface area contributed by atoms with Gasteiger partial charge < -0.3 is 10.4 Å². The monoisotopic (exact) mass is 321 g/mol. The Morgan fingerprint density at radius 3 is 2.59 bits per heavy atom. The molecule has 5 heteroatoms. The third-order valence-electron chi connectivity index (χ3n) is 4.04. The van der Waals surface area contributed by atoms with Gasteiger partial charge in [-0.25, -0.2) is 0 Å². The quantitative estimate of drug-likeness (QED) is 0.860. The first-order valence-electron chi connectivity index (χ1n) is 7.55. The highest BCUT2D eigenvalue weighted by Gasteiger charge is 2.18. The van der Waals surface area contributed by atoms with Gasteiger partial charge in [0, 0.05) is 35.9 Å². The van der Waals surface area contributed by atoms with Crippen LogP contribution in [0.25, 0.3) is 0 Å². The summed E-state index contributed by atoms with van der Waals surface area (Å²) < 4.78 is 1.81. The highest BCUT2D eigenvalue weighted by Crippen LogP contribution is 2.21. The summed E-state index contributed by atoms with van der Waals surface area (Å²) in [6.07, 6.45) is 0.277. The van der Waals surface area contributed by atoms with Crippen LogP contribution in [-0.2, 0) is 13.5 Å². The van der Waals surface area contributed by atoms with E-state index in [9.17, 15) is 5.11 Å². The Labute approximate surface area is 137 Å². The van der Waals surface area contributed by atoms with E-state index in [1.54, 1.807) is 4.68 Å². The van der Waals surface area contributed by atoms with E-state index in [2.05, 4.69) is 17.3 Å². The van der Waals surface area contributed by atoms with Crippen molar-refractivity contribution in [3.05, 3.63) is 51.8 Å². The normalized spacial score (nSPS) is 14.1. The summed E-state index contributed by atoms with van der Waals surface area (Å²) >= 11 is 6.18. The van der Waals surface area contributed by atoms with Crippen molar-refractivity contribution in [2.75, 3.05) is 6.54 Å². The molecule has 0 aliphatic carbocycles. The number of halogens is 1. The van der Waals surface area contributed by atoms with Crippen LogP contribution in [0.4, 0.5) is 0 Å². The van der Waals surface area contributed by atoms with E-state index in [0.29, 0.717) is 6.54 Å². The third kappa shape index (κ3) is 3.88. The van der Waals surface area contributed by atoms with E-state index >= 15 is 0 Å². The molecule has 0 aliphatic rings. The second-order valence-corrected chi connectivity index (χ2v) is 6.24. The second kappa shape index (κ2) is 7.27. The molecule has 2 atom stereocenters. The van der Waals surface area contributed by atoms with E-state index < -0.39 is 6.10 Å². The maximum Gasteiger partial charge on any atom is 0.0950 e. The Bertz CT molecular complexity index is 639. The summed E-state index contributed by atoms with van der Waals surface area (Å²) in [5, 5.41) is 18.9. The molecular formula is C17H24ClN3O. The first-order chi connectivity index (χ1) is 10.4. The molecular weight excluding hydrogens is 298 g/mol. The molecule has 0 saturated heterocycles. The van der Waals surface area contributed by atoms with Gasteiger partial charge in [-0.05, 0) is 38.8 Å². The van der Waals surface area contributed by atoms with Crippen molar-refractivity contribution in [2.45, 2.75) is 39.3 Å². The highest BCUT2D eigenvalue weighted by molar-refractivity contribution is 6.31. The maximum atomic E-state index is 10.4. The number of nitrogens with one attached hydrogen (secondary N) is 1. The van der Waals surface area contributed by atoms with Gasteiger partial charge in [0.1, 0.15) is 0 Å². The largest absolute Gasteiger partial charge is 0.387 e. The van der Waals surface area contributed by atoms with Crippen molar-refractivity contribution in [1.29, 1.82) is 0 Å². The van der Waals surface area contributed by atoms with Crippen molar-refractivity contribution < 1.29 is 5.11 Å². The van der Waals surface area contributed by atoms with Crippen LogP contribution >= 0.6 is 11.6 Å². The number of aliphatic hydroxyl groups excluding tert-OH is 1. The predicted molar refractivity (Wildman–Crippen MR) is 90.3 cm³/mol. The van der Waals surface area contributed by atoms with E-state index in [1.807, 2.05) is 45.2 Å². The number of aliphatic hydroxyl groups is 1. The molecule has 22 heavy (non-hydrogen) atoms. The number of nitrogens with zero attached hydrogens (tertiary/aromatic N) is 2. The molecule has 0 radical (unpaired) electrons. The topological polar surface area (TPSA) is 50.1 Å². The summed E-state index contributed by atoms with van der Waals surface area (Å²) in [6, 6.07) is 8.09. The average molecular weight is 322 g/mol. The van der Waals surface area contributed by atoms with Crippen LogP contribution in [0.1, 0.15) is 35.5 Å². The highest BCUT2D eigenvalue weighted by atomic mass is 35.5. The van der Waals surface area contributed by atoms with Crippen molar-refractivity contribution >= 4 is 11.6 Å². The molecule has 0 amide bonds. The lowest BCUT2D eigenvalue weighted by molar-refractivity contribution is 0.169. The molecule has 2 rings (SSSR count). The molecule has 2 aromatic rings. The second-order valence-electron chi connectivity index (χ2n) is 5.83. The average Bonchev–Trinajstić information content (AvgIpc) is 2.72. The van der Waals surface area contributed by atoms with Gasteiger partial charge in [0.25, 0.3) is 0 Å². The number of aromatic nitrogens is 2. The Morgan fingerprint density at radius 1 is 1.32 bits per heavy atom. The van der Waals surface area contributed by atoms with Gasteiger partial charge in [0.2, 0.25) is 0 Å². The lowest BCUT2D eigenvalue weighted by atomic mass is 10.0.